The van der Waals surface area contributed by atoms with Crippen LogP contribution in [-0.4, -0.2) is 17.3 Å². The Hall–Kier alpha value is -0.940. The SMILES string of the molecule is CCCC[C@H](N)c1nc(C2(OC)CCCCCC2)no1. The Morgan fingerprint density at radius 2 is 2.00 bits per heavy atom. The molecule has 2 rings (SSSR count). The Morgan fingerprint density at radius 1 is 1.30 bits per heavy atom. The lowest BCUT2D eigenvalue weighted by Crippen LogP contribution is -2.29. The van der Waals surface area contributed by atoms with Gasteiger partial charge in [-0.3, -0.25) is 0 Å². The molecule has 5 heteroatoms. The minimum Gasteiger partial charge on any atom is -0.370 e. The highest BCUT2D eigenvalue weighted by Crippen LogP contribution is 2.37. The van der Waals surface area contributed by atoms with E-state index in [4.69, 9.17) is 15.0 Å². The molecule has 1 heterocycles. The average Bonchev–Trinajstić information content (AvgIpc) is 2.85. The lowest BCUT2D eigenvalue weighted by Gasteiger charge is -2.27. The van der Waals surface area contributed by atoms with E-state index in [-0.39, 0.29) is 11.6 Å². The fraction of sp³-hybridized carbons (Fsp3) is 0.867. The van der Waals surface area contributed by atoms with Crippen molar-refractivity contribution in [2.24, 2.45) is 5.73 Å². The van der Waals surface area contributed by atoms with Crippen LogP contribution in [-0.2, 0) is 10.3 Å². The minimum absolute atomic E-state index is 0.157. The van der Waals surface area contributed by atoms with Crippen molar-refractivity contribution in [1.82, 2.24) is 10.1 Å². The fourth-order valence-electron chi connectivity index (χ4n) is 2.94. The van der Waals surface area contributed by atoms with Crippen molar-refractivity contribution < 1.29 is 9.26 Å². The highest BCUT2D eigenvalue weighted by Gasteiger charge is 2.37. The summed E-state index contributed by atoms with van der Waals surface area (Å²) < 4.78 is 11.2. The van der Waals surface area contributed by atoms with Gasteiger partial charge in [-0.25, -0.2) is 0 Å². The van der Waals surface area contributed by atoms with Crippen LogP contribution in [0.5, 0.6) is 0 Å². The fourth-order valence-corrected chi connectivity index (χ4v) is 2.94. The van der Waals surface area contributed by atoms with Crippen LogP contribution in [0.4, 0.5) is 0 Å². The Bertz CT molecular complexity index is 398. The number of ether oxygens (including phenoxy) is 1. The highest BCUT2D eigenvalue weighted by atomic mass is 16.5. The predicted molar refractivity (Wildman–Crippen MR) is 77.1 cm³/mol. The van der Waals surface area contributed by atoms with Crippen molar-refractivity contribution in [3.05, 3.63) is 11.7 Å². The van der Waals surface area contributed by atoms with Crippen LogP contribution in [0.2, 0.25) is 0 Å². The van der Waals surface area contributed by atoms with E-state index < -0.39 is 0 Å². The van der Waals surface area contributed by atoms with Crippen LogP contribution in [0.1, 0.15) is 82.5 Å². The first-order chi connectivity index (χ1) is 9.72. The number of aromatic nitrogens is 2. The molecule has 0 amide bonds. The normalized spacial score (nSPS) is 20.6. The molecule has 0 unspecified atom stereocenters. The molecule has 0 saturated heterocycles. The van der Waals surface area contributed by atoms with Gasteiger partial charge in [0.1, 0.15) is 5.60 Å². The Labute approximate surface area is 121 Å². The summed E-state index contributed by atoms with van der Waals surface area (Å²) in [6.45, 7) is 2.15. The molecule has 1 atom stereocenters. The molecular formula is C15H27N3O2. The van der Waals surface area contributed by atoms with E-state index in [1.165, 1.54) is 12.8 Å². The summed E-state index contributed by atoms with van der Waals surface area (Å²) >= 11 is 0. The molecule has 0 bridgehead atoms. The summed E-state index contributed by atoms with van der Waals surface area (Å²) in [5.41, 5.74) is 5.73. The van der Waals surface area contributed by atoms with Crippen molar-refractivity contribution >= 4 is 0 Å². The van der Waals surface area contributed by atoms with Crippen LogP contribution in [0.15, 0.2) is 4.52 Å². The third-order valence-corrected chi connectivity index (χ3v) is 4.34. The molecule has 1 fully saturated rings. The van der Waals surface area contributed by atoms with Gasteiger partial charge in [0.15, 0.2) is 0 Å². The van der Waals surface area contributed by atoms with Gasteiger partial charge in [-0.15, -0.1) is 0 Å². The molecule has 0 radical (unpaired) electrons. The number of unbranched alkanes of at least 4 members (excludes halogenated alkanes) is 1. The van der Waals surface area contributed by atoms with Gasteiger partial charge in [0.2, 0.25) is 11.7 Å². The number of hydrogen-bond donors (Lipinski definition) is 1. The standard InChI is InChI=1S/C15H27N3O2/c1-3-4-9-12(16)13-17-14(18-20-13)15(19-2)10-7-5-6-8-11-15/h12H,3-11,16H2,1-2H3/t12-/m0/s1. The van der Waals surface area contributed by atoms with Gasteiger partial charge in [-0.2, -0.15) is 4.98 Å². The second-order valence-corrected chi connectivity index (χ2v) is 5.82. The smallest absolute Gasteiger partial charge is 0.243 e. The number of nitrogens with zero attached hydrogens (tertiary/aromatic N) is 2. The molecule has 20 heavy (non-hydrogen) atoms. The zero-order chi connectivity index (χ0) is 14.4. The van der Waals surface area contributed by atoms with E-state index in [9.17, 15) is 0 Å². The summed E-state index contributed by atoms with van der Waals surface area (Å²) in [6.07, 6.45) is 9.83. The first kappa shape index (κ1) is 15.4. The van der Waals surface area contributed by atoms with E-state index in [0.29, 0.717) is 11.7 Å². The van der Waals surface area contributed by atoms with E-state index in [1.807, 2.05) is 0 Å². The molecule has 1 aliphatic rings. The van der Waals surface area contributed by atoms with E-state index in [0.717, 1.165) is 44.9 Å². The van der Waals surface area contributed by atoms with Gasteiger partial charge in [-0.1, -0.05) is 50.6 Å². The average molecular weight is 281 g/mol. The predicted octanol–water partition coefficient (Wildman–Crippen LogP) is 3.46. The van der Waals surface area contributed by atoms with Gasteiger partial charge in [0.05, 0.1) is 6.04 Å². The van der Waals surface area contributed by atoms with Crippen LogP contribution in [0.3, 0.4) is 0 Å². The number of methoxy groups -OCH3 is 1. The summed E-state index contributed by atoms with van der Waals surface area (Å²) in [5, 5.41) is 4.16. The van der Waals surface area contributed by atoms with Crippen molar-refractivity contribution in [3.8, 4) is 0 Å². The summed E-state index contributed by atoms with van der Waals surface area (Å²) in [4.78, 5) is 4.54. The first-order valence-corrected chi connectivity index (χ1v) is 7.86. The molecule has 1 aromatic heterocycles. The molecule has 0 aliphatic heterocycles. The third-order valence-electron chi connectivity index (χ3n) is 4.34. The maximum atomic E-state index is 6.10. The number of hydrogen-bond acceptors (Lipinski definition) is 5. The van der Waals surface area contributed by atoms with Crippen LogP contribution < -0.4 is 5.73 Å². The van der Waals surface area contributed by atoms with Crippen LogP contribution >= 0.6 is 0 Å². The van der Waals surface area contributed by atoms with E-state index >= 15 is 0 Å². The minimum atomic E-state index is -0.372. The summed E-state index contributed by atoms with van der Waals surface area (Å²) in [6, 6.07) is -0.157. The van der Waals surface area contributed by atoms with Crippen LogP contribution in [0.25, 0.3) is 0 Å². The van der Waals surface area contributed by atoms with Crippen molar-refractivity contribution in [2.45, 2.75) is 76.4 Å². The number of rotatable bonds is 6. The molecule has 2 N–H and O–H groups in total. The van der Waals surface area contributed by atoms with Crippen molar-refractivity contribution in [3.63, 3.8) is 0 Å². The highest BCUT2D eigenvalue weighted by molar-refractivity contribution is 5.04. The lowest BCUT2D eigenvalue weighted by atomic mass is 9.93. The molecule has 0 aromatic carbocycles. The quantitative estimate of drug-likeness (QED) is 0.808. The van der Waals surface area contributed by atoms with Crippen LogP contribution in [0, 0.1) is 0 Å². The molecule has 1 saturated carbocycles. The van der Waals surface area contributed by atoms with Gasteiger partial charge < -0.3 is 15.0 Å². The van der Waals surface area contributed by atoms with Gasteiger partial charge in [-0.05, 0) is 19.3 Å². The lowest BCUT2D eigenvalue weighted by molar-refractivity contribution is -0.0365. The Kier molecular flexibility index (Phi) is 5.54. The first-order valence-electron chi connectivity index (χ1n) is 7.86. The van der Waals surface area contributed by atoms with Crippen molar-refractivity contribution in [1.29, 1.82) is 0 Å². The van der Waals surface area contributed by atoms with Gasteiger partial charge in [0, 0.05) is 7.11 Å². The second-order valence-electron chi connectivity index (χ2n) is 5.82. The topological polar surface area (TPSA) is 74.2 Å². The van der Waals surface area contributed by atoms with Crippen molar-refractivity contribution in [2.75, 3.05) is 7.11 Å². The monoisotopic (exact) mass is 281 g/mol. The van der Waals surface area contributed by atoms with Gasteiger partial charge in [0.25, 0.3) is 0 Å². The molecule has 0 spiro atoms. The maximum Gasteiger partial charge on any atom is 0.243 e. The molecule has 1 aliphatic carbocycles. The maximum absolute atomic E-state index is 6.10. The third kappa shape index (κ3) is 3.38. The van der Waals surface area contributed by atoms with Gasteiger partial charge >= 0.3 is 0 Å². The Morgan fingerprint density at radius 3 is 2.60 bits per heavy atom. The largest absolute Gasteiger partial charge is 0.370 e. The van der Waals surface area contributed by atoms with E-state index in [1.54, 1.807) is 7.11 Å². The Balaban J connectivity index is 2.12. The second kappa shape index (κ2) is 7.18. The molecule has 1 aromatic rings. The molecule has 5 nitrogen and oxygen atoms in total. The number of nitrogens with two attached hydrogens (primary N) is 1. The zero-order valence-corrected chi connectivity index (χ0v) is 12.7. The summed E-state index contributed by atoms with van der Waals surface area (Å²) in [5.74, 6) is 1.23. The zero-order valence-electron chi connectivity index (χ0n) is 12.7. The molecular weight excluding hydrogens is 254 g/mol. The molecule has 114 valence electrons. The van der Waals surface area contributed by atoms with E-state index in [2.05, 4.69) is 17.1 Å². The summed E-state index contributed by atoms with van der Waals surface area (Å²) in [7, 11) is 1.75.